The van der Waals surface area contributed by atoms with Gasteiger partial charge in [-0.15, -0.1) is 0 Å². The van der Waals surface area contributed by atoms with E-state index in [0.29, 0.717) is 54.1 Å². The number of carbonyl (C=O) groups is 4. The zero-order chi connectivity index (χ0) is 48.2. The van der Waals surface area contributed by atoms with Crippen LogP contribution in [0.5, 0.6) is 11.5 Å². The number of ether oxygens (including phenoxy) is 2. The van der Waals surface area contributed by atoms with Gasteiger partial charge in [-0.3, -0.25) is 19.2 Å². The van der Waals surface area contributed by atoms with Crippen LogP contribution >= 0.6 is 15.9 Å². The lowest BCUT2D eigenvalue weighted by atomic mass is 10.0. The highest BCUT2D eigenvalue weighted by molar-refractivity contribution is 9.10. The summed E-state index contributed by atoms with van der Waals surface area (Å²) in [6, 6.07) is 39.7. The van der Waals surface area contributed by atoms with Gasteiger partial charge in [-0.05, 0) is 102 Å². The molecule has 2 aliphatic heterocycles. The van der Waals surface area contributed by atoms with Gasteiger partial charge in [-0.2, -0.15) is 0 Å². The fraction of sp³-hybridized carbons (Fsp3) is 0.154. The van der Waals surface area contributed by atoms with E-state index >= 15 is 0 Å². The number of carbonyl (C=O) groups excluding carboxylic acids is 4. The summed E-state index contributed by atoms with van der Waals surface area (Å²) < 4.78 is 50.5. The molecule has 0 saturated heterocycles. The Bertz CT molecular complexity index is 2980. The Morgan fingerprint density at radius 1 is 0.529 bits per heavy atom. The number of rotatable bonds is 16. The number of halogens is 2. The van der Waals surface area contributed by atoms with E-state index in [-0.39, 0.29) is 39.0 Å². The van der Waals surface area contributed by atoms with Gasteiger partial charge in [0.2, 0.25) is 0 Å². The van der Waals surface area contributed by atoms with E-state index in [0.717, 1.165) is 43.8 Å². The number of methoxy groups -OCH3 is 2. The second-order valence-electron chi connectivity index (χ2n) is 15.2. The van der Waals surface area contributed by atoms with Gasteiger partial charge in [-0.1, -0.05) is 94.8 Å². The van der Waals surface area contributed by atoms with Crippen molar-refractivity contribution in [2.75, 3.05) is 40.4 Å². The molecule has 0 radical (unpaired) electrons. The molecule has 0 bridgehead atoms. The van der Waals surface area contributed by atoms with E-state index in [1.807, 2.05) is 84.9 Å². The van der Waals surface area contributed by atoms with Crippen molar-refractivity contribution in [3.63, 3.8) is 0 Å². The summed E-state index contributed by atoms with van der Waals surface area (Å²) in [7, 11) is -0.0833. The molecule has 348 valence electrons. The van der Waals surface area contributed by atoms with Gasteiger partial charge in [0.05, 0.1) is 45.6 Å². The highest BCUT2D eigenvalue weighted by Crippen LogP contribution is 2.34. The van der Waals surface area contributed by atoms with Crippen LogP contribution in [0.3, 0.4) is 0 Å². The highest BCUT2D eigenvalue weighted by atomic mass is 79.9. The van der Waals surface area contributed by atoms with Crippen molar-refractivity contribution in [1.29, 1.82) is 0 Å². The minimum Gasteiger partial charge on any atom is -0.496 e. The normalized spacial score (nSPS) is 14.2. The molecule has 4 amide bonds. The Balaban J connectivity index is 0.000000201. The average molecular weight is 1020 g/mol. The Morgan fingerprint density at radius 2 is 0.985 bits per heavy atom. The first kappa shape index (κ1) is 48.9. The number of benzene rings is 6. The van der Waals surface area contributed by atoms with Crippen molar-refractivity contribution in [3.05, 3.63) is 176 Å². The Morgan fingerprint density at radius 3 is 1.47 bits per heavy atom. The van der Waals surface area contributed by atoms with Gasteiger partial charge < -0.3 is 30.7 Å². The molecular weight excluding hydrogens is 972 g/mol. The molecule has 12 nitrogen and oxygen atoms in total. The second kappa shape index (κ2) is 23.1. The maximum Gasteiger partial charge on any atom is 0.260 e. The fourth-order valence-corrected chi connectivity index (χ4v) is 10.4. The molecule has 16 heteroatoms. The molecule has 2 unspecified atom stereocenters. The SMILES string of the molecule is COc1ccccc1-c1ccc(C(=O)NCCCNC(=O)C2=Cc3ccc(Br)cc3S2=O)cc1.COc1ccccc1-c1ccc(C(=O)NCCCNC(=O)C2=Cc3cccc(F)c3S2=O)cc1. The van der Waals surface area contributed by atoms with Crippen LogP contribution < -0.4 is 30.7 Å². The summed E-state index contributed by atoms with van der Waals surface area (Å²) in [5.74, 6) is -0.324. The number of fused-ring (bicyclic) bond motifs is 2. The van der Waals surface area contributed by atoms with Crippen LogP contribution in [0.2, 0.25) is 0 Å². The van der Waals surface area contributed by atoms with Gasteiger partial charge in [0.15, 0.2) is 0 Å². The van der Waals surface area contributed by atoms with Gasteiger partial charge in [0.25, 0.3) is 23.6 Å². The predicted octanol–water partition coefficient (Wildman–Crippen LogP) is 8.42. The van der Waals surface area contributed by atoms with E-state index in [1.165, 1.54) is 18.2 Å². The number of amides is 4. The lowest BCUT2D eigenvalue weighted by molar-refractivity contribution is -0.117. The van der Waals surface area contributed by atoms with Crippen molar-refractivity contribution in [2.45, 2.75) is 22.6 Å². The molecule has 0 spiro atoms. The quantitative estimate of drug-likeness (QED) is 0.0701. The maximum atomic E-state index is 13.9. The third-order valence-corrected chi connectivity index (χ3v) is 14.2. The number of hydrogen-bond acceptors (Lipinski definition) is 8. The molecule has 0 fully saturated rings. The highest BCUT2D eigenvalue weighted by Gasteiger charge is 2.29. The standard InChI is InChI=1S/C26H23BrN2O4S.C26H23FN2O4S/c1-33-22-6-3-2-5-21(22)17-7-9-18(10-8-17)25(30)28-13-4-14-29-26(31)24-15-19-11-12-20(27)16-23(19)34(24)32;1-33-22-9-3-2-7-20(22)17-10-12-18(13-11-17)25(30)28-14-5-15-29-26(31)23-16-19-6-4-8-21(27)24(19)34(23)32/h2-3,5-12,15-16H,4,13-14H2,1H3,(H,28,30)(H,29,31);2-4,6-13,16H,5,14-15H2,1H3,(H,28,30)(H,29,31). The smallest absolute Gasteiger partial charge is 0.260 e. The summed E-state index contributed by atoms with van der Waals surface area (Å²) >= 11 is 3.36. The summed E-state index contributed by atoms with van der Waals surface area (Å²) in [5, 5.41) is 11.1. The zero-order valence-corrected chi connectivity index (χ0v) is 40.2. The lowest BCUT2D eigenvalue weighted by Crippen LogP contribution is -2.31. The Hall–Kier alpha value is -7.01. The third-order valence-electron chi connectivity index (χ3n) is 10.8. The van der Waals surface area contributed by atoms with Crippen LogP contribution in [0.4, 0.5) is 4.39 Å². The van der Waals surface area contributed by atoms with E-state index in [4.69, 9.17) is 9.47 Å². The lowest BCUT2D eigenvalue weighted by Gasteiger charge is -2.10. The molecule has 0 saturated carbocycles. The van der Waals surface area contributed by atoms with Crippen molar-refractivity contribution >= 4 is 73.3 Å². The Kier molecular flexibility index (Phi) is 16.6. The molecule has 68 heavy (non-hydrogen) atoms. The molecule has 4 N–H and O–H groups in total. The van der Waals surface area contributed by atoms with Crippen LogP contribution in [-0.4, -0.2) is 72.4 Å². The summed E-state index contributed by atoms with van der Waals surface area (Å²) in [5.41, 5.74) is 6.12. The monoisotopic (exact) mass is 1020 g/mol. The largest absolute Gasteiger partial charge is 0.496 e. The number of para-hydroxylation sites is 2. The van der Waals surface area contributed by atoms with E-state index < -0.39 is 33.3 Å². The van der Waals surface area contributed by atoms with E-state index in [2.05, 4.69) is 37.2 Å². The molecule has 6 aromatic carbocycles. The van der Waals surface area contributed by atoms with E-state index in [9.17, 15) is 32.0 Å². The minimum atomic E-state index is -1.84. The maximum absolute atomic E-state index is 13.9. The minimum absolute atomic E-state index is 0.0271. The summed E-state index contributed by atoms with van der Waals surface area (Å²) in [6.07, 6.45) is 4.14. The van der Waals surface area contributed by atoms with Crippen LogP contribution in [0, 0.1) is 5.82 Å². The van der Waals surface area contributed by atoms with Crippen LogP contribution in [-0.2, 0) is 31.2 Å². The van der Waals surface area contributed by atoms with Crippen LogP contribution in [0.15, 0.2) is 158 Å². The zero-order valence-electron chi connectivity index (χ0n) is 36.9. The van der Waals surface area contributed by atoms with Crippen molar-refractivity contribution in [2.24, 2.45) is 0 Å². The molecule has 2 atom stereocenters. The fourth-order valence-electron chi connectivity index (χ4n) is 7.27. The van der Waals surface area contributed by atoms with Crippen molar-refractivity contribution in [1.82, 2.24) is 21.3 Å². The van der Waals surface area contributed by atoms with Crippen molar-refractivity contribution < 1.29 is 41.5 Å². The number of hydrogen-bond donors (Lipinski definition) is 4. The first-order valence-electron chi connectivity index (χ1n) is 21.4. The molecule has 8 rings (SSSR count). The number of nitrogens with one attached hydrogen (secondary N) is 4. The first-order chi connectivity index (χ1) is 33.0. The van der Waals surface area contributed by atoms with Gasteiger partial charge in [0.1, 0.15) is 27.1 Å². The predicted molar refractivity (Wildman–Crippen MR) is 266 cm³/mol. The third kappa shape index (κ3) is 11.7. The molecule has 0 aliphatic carbocycles. The van der Waals surface area contributed by atoms with Gasteiger partial charge in [0, 0.05) is 52.9 Å². The topological polar surface area (TPSA) is 169 Å². The van der Waals surface area contributed by atoms with Gasteiger partial charge in [-0.25, -0.2) is 12.8 Å². The van der Waals surface area contributed by atoms with E-state index in [1.54, 1.807) is 56.7 Å². The molecule has 2 heterocycles. The summed E-state index contributed by atoms with van der Waals surface area (Å²) in [4.78, 5) is 50.6. The molecule has 0 aromatic heterocycles. The van der Waals surface area contributed by atoms with Gasteiger partial charge >= 0.3 is 0 Å². The molecule has 6 aromatic rings. The van der Waals surface area contributed by atoms with Crippen molar-refractivity contribution in [3.8, 4) is 33.8 Å². The molecular formula is C52H46BrFN4O8S2. The first-order valence-corrected chi connectivity index (χ1v) is 24.5. The molecule has 2 aliphatic rings. The second-order valence-corrected chi connectivity index (χ2v) is 18.9. The summed E-state index contributed by atoms with van der Waals surface area (Å²) in [6.45, 7) is 1.40. The Labute approximate surface area is 406 Å². The van der Waals surface area contributed by atoms with Crippen LogP contribution in [0.1, 0.15) is 44.7 Å². The average Bonchev–Trinajstić information content (AvgIpc) is 3.89. The van der Waals surface area contributed by atoms with Crippen LogP contribution in [0.25, 0.3) is 34.4 Å².